The van der Waals surface area contributed by atoms with E-state index in [9.17, 15) is 14.4 Å². The molecule has 0 saturated heterocycles. The molecule has 0 bridgehead atoms. The van der Waals surface area contributed by atoms with Crippen molar-refractivity contribution in [3.63, 3.8) is 0 Å². The topological polar surface area (TPSA) is 71.4 Å². The van der Waals surface area contributed by atoms with E-state index < -0.39 is 5.97 Å². The summed E-state index contributed by atoms with van der Waals surface area (Å²) in [6.45, 7) is 12.1. The van der Waals surface area contributed by atoms with Gasteiger partial charge in [-0.25, -0.2) is 0 Å². The zero-order valence-electron chi connectivity index (χ0n) is 14.6. The lowest BCUT2D eigenvalue weighted by Crippen LogP contribution is -2.48. The van der Waals surface area contributed by atoms with E-state index in [2.05, 4.69) is 27.4 Å². The number of carbonyl (C=O) groups is 3. The summed E-state index contributed by atoms with van der Waals surface area (Å²) in [5, 5.41) is 8.86. The molecule has 0 aromatic rings. The first-order valence-electron chi connectivity index (χ1n) is 8.48. The Labute approximate surface area is 138 Å². The number of ketones is 2. The molecule has 5 atom stereocenters. The quantitative estimate of drug-likeness (QED) is 0.785. The molecule has 2 fully saturated rings. The van der Waals surface area contributed by atoms with Crippen LogP contribution in [0.1, 0.15) is 59.8 Å². The number of carbonyl (C=O) groups excluding carboxylic acids is 2. The van der Waals surface area contributed by atoms with Crippen molar-refractivity contribution in [2.45, 2.75) is 59.8 Å². The Morgan fingerprint density at radius 2 is 1.91 bits per heavy atom. The van der Waals surface area contributed by atoms with Crippen molar-refractivity contribution in [1.82, 2.24) is 0 Å². The molecule has 0 aliphatic heterocycles. The van der Waals surface area contributed by atoms with Crippen LogP contribution in [0.2, 0.25) is 0 Å². The van der Waals surface area contributed by atoms with Crippen LogP contribution in [0.4, 0.5) is 0 Å². The Balaban J connectivity index is 2.27. The van der Waals surface area contributed by atoms with Crippen molar-refractivity contribution in [3.8, 4) is 0 Å². The first-order valence-corrected chi connectivity index (χ1v) is 8.48. The molecule has 1 N–H and O–H groups in total. The number of rotatable bonds is 5. The average Bonchev–Trinajstić information content (AvgIpc) is 2.68. The van der Waals surface area contributed by atoms with E-state index in [1.807, 2.05) is 6.92 Å². The fourth-order valence-electron chi connectivity index (χ4n) is 4.91. The molecular formula is C19H28O4. The lowest BCUT2D eigenvalue weighted by atomic mass is 9.50. The SMILES string of the molecule is C=C(CC(=O)O)C(=O)C[C@]1(C)[C@H]2CC(=O)[C@@H](C)[C@]2(C)CC[C@H]1C. The highest BCUT2D eigenvalue weighted by molar-refractivity contribution is 5.98. The standard InChI is InChI=1S/C19H28O4/c1-11(8-17(22)23)15(21)10-19(5)12(2)6-7-18(4)13(3)14(20)9-16(18)19/h12-13,16H,1,6-10H2,2-5H3,(H,22,23)/t12-,13-,16+,18+,19+/m1/s1. The summed E-state index contributed by atoms with van der Waals surface area (Å²) < 4.78 is 0. The van der Waals surface area contributed by atoms with Crippen LogP contribution in [0.25, 0.3) is 0 Å². The van der Waals surface area contributed by atoms with Gasteiger partial charge in [0.05, 0.1) is 6.42 Å². The third-order valence-electron chi connectivity index (χ3n) is 7.01. The van der Waals surface area contributed by atoms with Crippen LogP contribution in [-0.2, 0) is 14.4 Å². The second-order valence-electron chi connectivity index (χ2n) is 8.17. The molecule has 0 aromatic heterocycles. The molecule has 2 rings (SSSR count). The van der Waals surface area contributed by atoms with E-state index in [1.165, 1.54) is 0 Å². The summed E-state index contributed by atoms with van der Waals surface area (Å²) in [6.07, 6.45) is 2.55. The number of hydrogen-bond acceptors (Lipinski definition) is 3. The smallest absolute Gasteiger partial charge is 0.307 e. The van der Waals surface area contributed by atoms with Gasteiger partial charge in [-0.1, -0.05) is 34.3 Å². The molecule has 128 valence electrons. The van der Waals surface area contributed by atoms with Crippen LogP contribution in [0, 0.1) is 28.6 Å². The third kappa shape index (κ3) is 2.88. The lowest BCUT2D eigenvalue weighted by Gasteiger charge is -2.53. The minimum atomic E-state index is -1.03. The number of fused-ring (bicyclic) bond motifs is 1. The molecule has 2 aliphatic carbocycles. The largest absolute Gasteiger partial charge is 0.481 e. The van der Waals surface area contributed by atoms with Crippen LogP contribution in [0.3, 0.4) is 0 Å². The summed E-state index contributed by atoms with van der Waals surface area (Å²) in [6, 6.07) is 0. The molecule has 4 nitrogen and oxygen atoms in total. The molecule has 0 heterocycles. The molecule has 0 radical (unpaired) electrons. The maximum absolute atomic E-state index is 12.5. The van der Waals surface area contributed by atoms with E-state index in [0.717, 1.165) is 12.8 Å². The van der Waals surface area contributed by atoms with Gasteiger partial charge in [-0.15, -0.1) is 0 Å². The van der Waals surface area contributed by atoms with E-state index in [1.54, 1.807) is 0 Å². The monoisotopic (exact) mass is 320 g/mol. The van der Waals surface area contributed by atoms with Gasteiger partial charge in [-0.05, 0) is 41.1 Å². The van der Waals surface area contributed by atoms with Gasteiger partial charge >= 0.3 is 5.97 Å². The fourth-order valence-corrected chi connectivity index (χ4v) is 4.91. The van der Waals surface area contributed by atoms with Crippen LogP contribution in [0.15, 0.2) is 12.2 Å². The fraction of sp³-hybridized carbons (Fsp3) is 0.737. The predicted molar refractivity (Wildman–Crippen MR) is 87.9 cm³/mol. The highest BCUT2D eigenvalue weighted by Gasteiger charge is 2.60. The Morgan fingerprint density at radius 1 is 1.30 bits per heavy atom. The molecule has 4 heteroatoms. The molecule has 23 heavy (non-hydrogen) atoms. The van der Waals surface area contributed by atoms with Gasteiger partial charge in [-0.2, -0.15) is 0 Å². The number of Topliss-reactive ketones (excluding diaryl/α,β-unsaturated/α-hetero) is 2. The minimum absolute atomic E-state index is 0.0386. The van der Waals surface area contributed by atoms with Crippen LogP contribution in [-0.4, -0.2) is 22.6 Å². The van der Waals surface area contributed by atoms with Gasteiger partial charge in [0.1, 0.15) is 5.78 Å². The van der Waals surface area contributed by atoms with Crippen molar-refractivity contribution in [1.29, 1.82) is 0 Å². The molecule has 2 saturated carbocycles. The summed E-state index contributed by atoms with van der Waals surface area (Å²) in [4.78, 5) is 35.6. The number of carboxylic acid groups (broad SMARTS) is 1. The van der Waals surface area contributed by atoms with Crippen molar-refractivity contribution < 1.29 is 19.5 Å². The average molecular weight is 320 g/mol. The maximum Gasteiger partial charge on any atom is 0.307 e. The summed E-state index contributed by atoms with van der Waals surface area (Å²) in [7, 11) is 0. The molecule has 0 aromatic carbocycles. The highest BCUT2D eigenvalue weighted by atomic mass is 16.4. The zero-order valence-corrected chi connectivity index (χ0v) is 14.6. The number of carboxylic acids is 1. The first-order chi connectivity index (χ1) is 10.5. The summed E-state index contributed by atoms with van der Waals surface area (Å²) in [5.74, 6) is -0.341. The predicted octanol–water partition coefficient (Wildman–Crippen LogP) is 3.64. The number of aliphatic carboxylic acids is 1. The summed E-state index contributed by atoms with van der Waals surface area (Å²) >= 11 is 0. The van der Waals surface area contributed by atoms with Crippen molar-refractivity contribution in [2.75, 3.05) is 0 Å². The van der Waals surface area contributed by atoms with Gasteiger partial charge in [0.25, 0.3) is 0 Å². The zero-order chi connectivity index (χ0) is 17.6. The first kappa shape index (κ1) is 17.9. The van der Waals surface area contributed by atoms with Crippen molar-refractivity contribution in [2.24, 2.45) is 28.6 Å². The summed E-state index contributed by atoms with van der Waals surface area (Å²) in [5.41, 5.74) is -0.158. The van der Waals surface area contributed by atoms with E-state index in [4.69, 9.17) is 5.11 Å². The highest BCUT2D eigenvalue weighted by Crippen LogP contribution is 2.63. The van der Waals surface area contributed by atoms with Gasteiger partial charge in [0.15, 0.2) is 5.78 Å². The van der Waals surface area contributed by atoms with Crippen LogP contribution < -0.4 is 0 Å². The lowest BCUT2D eigenvalue weighted by molar-refractivity contribution is -0.137. The normalized spacial score (nSPS) is 39.8. The second-order valence-corrected chi connectivity index (χ2v) is 8.17. The Morgan fingerprint density at radius 3 is 2.48 bits per heavy atom. The maximum atomic E-state index is 12.5. The molecule has 0 spiro atoms. The molecule has 2 aliphatic rings. The van der Waals surface area contributed by atoms with E-state index >= 15 is 0 Å². The Hall–Kier alpha value is -1.45. The Kier molecular flexibility index (Phi) is 4.57. The van der Waals surface area contributed by atoms with Gasteiger partial charge in [0.2, 0.25) is 0 Å². The van der Waals surface area contributed by atoms with E-state index in [0.29, 0.717) is 24.5 Å². The second kappa shape index (κ2) is 5.88. The van der Waals surface area contributed by atoms with Crippen LogP contribution in [0.5, 0.6) is 0 Å². The molecule has 0 amide bonds. The molecule has 0 unspecified atom stereocenters. The minimum Gasteiger partial charge on any atom is -0.481 e. The van der Waals surface area contributed by atoms with E-state index in [-0.39, 0.29) is 40.4 Å². The Bertz CT molecular complexity index is 564. The third-order valence-corrected chi connectivity index (χ3v) is 7.01. The molecular weight excluding hydrogens is 292 g/mol. The van der Waals surface area contributed by atoms with Gasteiger partial charge in [-0.3, -0.25) is 14.4 Å². The van der Waals surface area contributed by atoms with Gasteiger partial charge in [0, 0.05) is 18.8 Å². The van der Waals surface area contributed by atoms with Gasteiger partial charge < -0.3 is 5.11 Å². The van der Waals surface area contributed by atoms with Crippen molar-refractivity contribution >= 4 is 17.5 Å². The van der Waals surface area contributed by atoms with Crippen LogP contribution >= 0.6 is 0 Å². The van der Waals surface area contributed by atoms with Crippen molar-refractivity contribution in [3.05, 3.63) is 12.2 Å². The number of hydrogen-bond donors (Lipinski definition) is 1.